The van der Waals surface area contributed by atoms with Gasteiger partial charge in [0.05, 0.1) is 21.3 Å². The first-order chi connectivity index (χ1) is 13.1. The Bertz CT molecular complexity index is 761. The molecule has 0 saturated carbocycles. The Kier molecular flexibility index (Phi) is 6.40. The zero-order valence-corrected chi connectivity index (χ0v) is 16.2. The Morgan fingerprint density at radius 3 is 2.19 bits per heavy atom. The summed E-state index contributed by atoms with van der Waals surface area (Å²) < 4.78 is 29.4. The predicted molar refractivity (Wildman–Crippen MR) is 105 cm³/mol. The fourth-order valence-corrected chi connectivity index (χ4v) is 3.40. The smallest absolute Gasteiger partial charge is 0.165 e. The highest BCUT2D eigenvalue weighted by Crippen LogP contribution is 2.28. The Labute approximate surface area is 160 Å². The zero-order valence-electron chi connectivity index (χ0n) is 16.2. The third kappa shape index (κ3) is 4.63. The Morgan fingerprint density at radius 1 is 0.815 bits per heavy atom. The second kappa shape index (κ2) is 8.95. The van der Waals surface area contributed by atoms with E-state index in [1.54, 1.807) is 20.3 Å². The molecule has 0 amide bonds. The van der Waals surface area contributed by atoms with E-state index in [9.17, 15) is 4.39 Å². The molecule has 1 fully saturated rings. The van der Waals surface area contributed by atoms with Gasteiger partial charge in [0.25, 0.3) is 0 Å². The minimum atomic E-state index is -0.324. The maximum atomic E-state index is 13.6. The molecule has 27 heavy (non-hydrogen) atoms. The van der Waals surface area contributed by atoms with Crippen LogP contribution in [-0.4, -0.2) is 59.0 Å². The number of methoxy groups -OCH3 is 3. The average Bonchev–Trinajstić information content (AvgIpc) is 2.72. The van der Waals surface area contributed by atoms with Crippen molar-refractivity contribution in [2.45, 2.75) is 6.42 Å². The molecule has 0 radical (unpaired) electrons. The number of rotatable bonds is 7. The molecule has 0 bridgehead atoms. The van der Waals surface area contributed by atoms with E-state index in [0.29, 0.717) is 5.75 Å². The van der Waals surface area contributed by atoms with E-state index >= 15 is 0 Å². The monoisotopic (exact) mass is 374 g/mol. The SMILES string of the molecule is COc1cc(N2CCN(CCc3ccc(OC)c(OC)c3)CC2)ccc1F. The summed E-state index contributed by atoms with van der Waals surface area (Å²) in [6.45, 7) is 4.79. The van der Waals surface area contributed by atoms with E-state index in [4.69, 9.17) is 14.2 Å². The molecule has 1 aliphatic heterocycles. The van der Waals surface area contributed by atoms with E-state index in [1.165, 1.54) is 18.7 Å². The number of nitrogens with zero attached hydrogens (tertiary/aromatic N) is 2. The van der Waals surface area contributed by atoms with Crippen LogP contribution < -0.4 is 19.1 Å². The largest absolute Gasteiger partial charge is 0.494 e. The lowest BCUT2D eigenvalue weighted by Crippen LogP contribution is -2.47. The summed E-state index contributed by atoms with van der Waals surface area (Å²) in [6.07, 6.45) is 0.963. The molecule has 1 saturated heterocycles. The van der Waals surface area contributed by atoms with Crippen molar-refractivity contribution in [1.29, 1.82) is 0 Å². The number of ether oxygens (including phenoxy) is 3. The fraction of sp³-hybridized carbons (Fsp3) is 0.429. The molecular weight excluding hydrogens is 347 g/mol. The standard InChI is InChI=1S/C21H27FN2O3/c1-25-19-7-4-16(14-21(19)27-3)8-9-23-10-12-24(13-11-23)17-5-6-18(22)20(15-17)26-2/h4-7,14-15H,8-13H2,1-3H3. The highest BCUT2D eigenvalue weighted by Gasteiger charge is 2.18. The second-order valence-corrected chi connectivity index (χ2v) is 6.59. The van der Waals surface area contributed by atoms with Crippen LogP contribution in [0.15, 0.2) is 36.4 Å². The van der Waals surface area contributed by atoms with Gasteiger partial charge < -0.3 is 19.1 Å². The van der Waals surface area contributed by atoms with E-state index in [-0.39, 0.29) is 5.82 Å². The van der Waals surface area contributed by atoms with Crippen molar-refractivity contribution >= 4 is 5.69 Å². The number of halogens is 1. The van der Waals surface area contributed by atoms with Crippen LogP contribution in [0.2, 0.25) is 0 Å². The van der Waals surface area contributed by atoms with Crippen molar-refractivity contribution < 1.29 is 18.6 Å². The van der Waals surface area contributed by atoms with Gasteiger partial charge >= 0.3 is 0 Å². The van der Waals surface area contributed by atoms with Crippen LogP contribution in [0.5, 0.6) is 17.2 Å². The van der Waals surface area contributed by atoms with Gasteiger partial charge in [-0.2, -0.15) is 0 Å². The van der Waals surface area contributed by atoms with Crippen LogP contribution in [0.4, 0.5) is 10.1 Å². The quantitative estimate of drug-likeness (QED) is 0.743. The number of hydrogen-bond donors (Lipinski definition) is 0. The molecule has 0 aliphatic carbocycles. The van der Waals surface area contributed by atoms with Gasteiger partial charge in [0.15, 0.2) is 23.1 Å². The van der Waals surface area contributed by atoms with Gasteiger partial charge in [-0.15, -0.1) is 0 Å². The highest BCUT2D eigenvalue weighted by atomic mass is 19.1. The number of hydrogen-bond acceptors (Lipinski definition) is 5. The summed E-state index contributed by atoms with van der Waals surface area (Å²) in [5.74, 6) is 1.49. The summed E-state index contributed by atoms with van der Waals surface area (Å²) in [7, 11) is 4.80. The van der Waals surface area contributed by atoms with E-state index < -0.39 is 0 Å². The van der Waals surface area contributed by atoms with Gasteiger partial charge in [-0.25, -0.2) is 4.39 Å². The molecule has 1 heterocycles. The van der Waals surface area contributed by atoms with Gasteiger partial charge in [0.2, 0.25) is 0 Å². The molecular formula is C21H27FN2O3. The summed E-state index contributed by atoms with van der Waals surface area (Å²) in [4.78, 5) is 4.73. The number of anilines is 1. The number of benzene rings is 2. The van der Waals surface area contributed by atoms with Crippen molar-refractivity contribution in [1.82, 2.24) is 4.90 Å². The topological polar surface area (TPSA) is 34.2 Å². The van der Waals surface area contributed by atoms with Crippen molar-refractivity contribution in [3.05, 3.63) is 47.8 Å². The van der Waals surface area contributed by atoms with Gasteiger partial charge in [0.1, 0.15) is 0 Å². The van der Waals surface area contributed by atoms with E-state index in [0.717, 1.165) is 56.3 Å². The Balaban J connectivity index is 1.52. The Morgan fingerprint density at radius 2 is 1.52 bits per heavy atom. The van der Waals surface area contributed by atoms with Crippen molar-refractivity contribution in [2.24, 2.45) is 0 Å². The Hall–Kier alpha value is -2.47. The van der Waals surface area contributed by atoms with Gasteiger partial charge in [-0.05, 0) is 36.2 Å². The predicted octanol–water partition coefficient (Wildman–Crippen LogP) is 3.22. The fourth-order valence-electron chi connectivity index (χ4n) is 3.40. The lowest BCUT2D eigenvalue weighted by Gasteiger charge is -2.36. The van der Waals surface area contributed by atoms with Crippen LogP contribution in [0, 0.1) is 5.82 Å². The average molecular weight is 374 g/mol. The van der Waals surface area contributed by atoms with Crippen molar-refractivity contribution in [3.8, 4) is 17.2 Å². The lowest BCUT2D eigenvalue weighted by atomic mass is 10.1. The third-order valence-electron chi connectivity index (χ3n) is 5.04. The van der Waals surface area contributed by atoms with Crippen LogP contribution >= 0.6 is 0 Å². The minimum Gasteiger partial charge on any atom is -0.494 e. The first-order valence-corrected chi connectivity index (χ1v) is 9.16. The highest BCUT2D eigenvalue weighted by molar-refractivity contribution is 5.51. The molecule has 2 aromatic carbocycles. The first-order valence-electron chi connectivity index (χ1n) is 9.16. The third-order valence-corrected chi connectivity index (χ3v) is 5.04. The normalized spacial score (nSPS) is 14.9. The minimum absolute atomic E-state index is 0.295. The summed E-state index contributed by atoms with van der Waals surface area (Å²) >= 11 is 0. The molecule has 0 aromatic heterocycles. The molecule has 0 unspecified atom stereocenters. The van der Waals surface area contributed by atoms with Crippen LogP contribution in [0.1, 0.15) is 5.56 Å². The molecule has 1 aliphatic rings. The molecule has 3 rings (SSSR count). The van der Waals surface area contributed by atoms with Gasteiger partial charge in [-0.1, -0.05) is 6.07 Å². The molecule has 146 valence electrons. The van der Waals surface area contributed by atoms with E-state index in [1.807, 2.05) is 18.2 Å². The summed E-state index contributed by atoms with van der Waals surface area (Å²) in [5, 5.41) is 0. The van der Waals surface area contributed by atoms with Crippen molar-refractivity contribution in [3.63, 3.8) is 0 Å². The zero-order chi connectivity index (χ0) is 19.2. The van der Waals surface area contributed by atoms with Crippen molar-refractivity contribution in [2.75, 3.05) is 59.0 Å². The second-order valence-electron chi connectivity index (χ2n) is 6.59. The maximum absolute atomic E-state index is 13.6. The molecule has 0 spiro atoms. The molecule has 6 heteroatoms. The lowest BCUT2D eigenvalue weighted by molar-refractivity contribution is 0.260. The van der Waals surface area contributed by atoms with E-state index in [2.05, 4.69) is 15.9 Å². The van der Waals surface area contributed by atoms with Crippen LogP contribution in [0.25, 0.3) is 0 Å². The van der Waals surface area contributed by atoms with Crippen LogP contribution in [-0.2, 0) is 6.42 Å². The number of piperazine rings is 1. The summed E-state index contributed by atoms with van der Waals surface area (Å²) in [5.41, 5.74) is 2.24. The van der Waals surface area contributed by atoms with Crippen LogP contribution in [0.3, 0.4) is 0 Å². The molecule has 0 N–H and O–H groups in total. The first kappa shape index (κ1) is 19.3. The van der Waals surface area contributed by atoms with Gasteiger partial charge in [-0.3, -0.25) is 4.90 Å². The summed E-state index contributed by atoms with van der Waals surface area (Å²) in [6, 6.07) is 11.1. The molecule has 0 atom stereocenters. The maximum Gasteiger partial charge on any atom is 0.165 e. The van der Waals surface area contributed by atoms with Gasteiger partial charge in [0, 0.05) is 44.5 Å². The molecule has 2 aromatic rings. The molecule has 5 nitrogen and oxygen atoms in total.